The Morgan fingerprint density at radius 1 is 1.10 bits per heavy atom. The topological polar surface area (TPSA) is 130 Å². The molecule has 2 amide bonds. The molecule has 1 atom stereocenters. The van der Waals surface area contributed by atoms with Crippen LogP contribution >= 0.6 is 0 Å². The molecular weight excluding hydrogens is 526 g/mol. The van der Waals surface area contributed by atoms with Crippen LogP contribution in [0.4, 0.5) is 16.3 Å². The Balaban J connectivity index is 1.36. The van der Waals surface area contributed by atoms with E-state index in [9.17, 15) is 14.7 Å². The third-order valence-corrected chi connectivity index (χ3v) is 6.96. The van der Waals surface area contributed by atoms with Crippen molar-refractivity contribution in [2.24, 2.45) is 5.92 Å². The SMILES string of the molecule is CC(C)(C)OC(=O)N1CCCC(C(=O)Nc2cccc(-c3cc(N4CCOCC4)nc(-c4ccc(CO)o4)n3)c2)C1. The standard InChI is InChI=1S/C30H37N5O6/c1-30(2,3)41-29(38)35-11-5-7-21(18-35)28(37)31-22-8-4-6-20(16-22)24-17-26(34-12-14-39-15-13-34)33-27(32-24)25-10-9-23(19-36)40-25/h4,6,8-10,16-17,21,36H,5,7,11-15,18-19H2,1-3H3,(H,31,37). The van der Waals surface area contributed by atoms with Crippen LogP contribution in [-0.2, 0) is 20.9 Å². The van der Waals surface area contributed by atoms with Crippen molar-refractivity contribution in [2.45, 2.75) is 45.8 Å². The quantitative estimate of drug-likeness (QED) is 0.450. The van der Waals surface area contributed by atoms with Gasteiger partial charge in [-0.15, -0.1) is 0 Å². The Labute approximate surface area is 239 Å². The van der Waals surface area contributed by atoms with Crippen molar-refractivity contribution in [2.75, 3.05) is 49.6 Å². The number of hydrogen-bond donors (Lipinski definition) is 2. The molecule has 5 rings (SSSR count). The van der Waals surface area contributed by atoms with E-state index in [-0.39, 0.29) is 18.4 Å². The first-order chi connectivity index (χ1) is 19.7. The third kappa shape index (κ3) is 7.22. The fraction of sp³-hybridized carbons (Fsp3) is 0.467. The number of carbonyl (C=O) groups is 2. The van der Waals surface area contributed by atoms with Gasteiger partial charge in [-0.1, -0.05) is 12.1 Å². The number of aliphatic hydroxyl groups is 1. The Bertz CT molecular complexity index is 1380. The van der Waals surface area contributed by atoms with Gasteiger partial charge >= 0.3 is 6.09 Å². The van der Waals surface area contributed by atoms with Gasteiger partial charge in [0.1, 0.15) is 23.8 Å². The molecule has 2 N–H and O–H groups in total. The third-order valence-electron chi connectivity index (χ3n) is 6.96. The van der Waals surface area contributed by atoms with Crippen molar-refractivity contribution < 1.29 is 28.6 Å². The zero-order valence-electron chi connectivity index (χ0n) is 23.8. The number of carbonyl (C=O) groups excluding carboxylic acids is 2. The van der Waals surface area contributed by atoms with Gasteiger partial charge in [0.2, 0.25) is 5.91 Å². The molecule has 0 bridgehead atoms. The van der Waals surface area contributed by atoms with E-state index in [4.69, 9.17) is 23.9 Å². The Morgan fingerprint density at radius 2 is 1.90 bits per heavy atom. The van der Waals surface area contributed by atoms with Crippen LogP contribution < -0.4 is 10.2 Å². The number of nitrogens with one attached hydrogen (secondary N) is 1. The van der Waals surface area contributed by atoms with Crippen LogP contribution in [0.3, 0.4) is 0 Å². The predicted octanol–water partition coefficient (Wildman–Crippen LogP) is 4.32. The maximum atomic E-state index is 13.2. The smallest absolute Gasteiger partial charge is 0.410 e. The van der Waals surface area contributed by atoms with Crippen LogP contribution in [0.5, 0.6) is 0 Å². The van der Waals surface area contributed by atoms with Crippen LogP contribution in [-0.4, -0.2) is 77.0 Å². The summed E-state index contributed by atoms with van der Waals surface area (Å²) in [6, 6.07) is 12.9. The number of likely N-dealkylation sites (tertiary alicyclic amines) is 1. The molecule has 4 heterocycles. The minimum atomic E-state index is -0.590. The molecule has 11 heteroatoms. The van der Waals surface area contributed by atoms with Gasteiger partial charge in [0.15, 0.2) is 11.6 Å². The number of hydrogen-bond acceptors (Lipinski definition) is 9. The van der Waals surface area contributed by atoms with E-state index >= 15 is 0 Å². The summed E-state index contributed by atoms with van der Waals surface area (Å²) in [4.78, 5) is 39.1. The number of nitrogens with zero attached hydrogens (tertiary/aromatic N) is 4. The van der Waals surface area contributed by atoms with Crippen LogP contribution in [0.25, 0.3) is 22.8 Å². The minimum absolute atomic E-state index is 0.139. The molecule has 1 aromatic carbocycles. The number of rotatable bonds is 6. The van der Waals surface area contributed by atoms with Crippen molar-refractivity contribution in [3.8, 4) is 22.8 Å². The highest BCUT2D eigenvalue weighted by Crippen LogP contribution is 2.29. The molecule has 0 saturated carbocycles. The number of aromatic nitrogens is 2. The lowest BCUT2D eigenvalue weighted by molar-refractivity contribution is -0.121. The second-order valence-corrected chi connectivity index (χ2v) is 11.3. The van der Waals surface area contributed by atoms with E-state index in [0.717, 1.165) is 17.8 Å². The van der Waals surface area contributed by atoms with Gasteiger partial charge in [-0.25, -0.2) is 14.8 Å². The minimum Gasteiger partial charge on any atom is -0.455 e. The summed E-state index contributed by atoms with van der Waals surface area (Å²) >= 11 is 0. The fourth-order valence-corrected chi connectivity index (χ4v) is 4.91. The molecule has 0 spiro atoms. The van der Waals surface area contributed by atoms with Gasteiger partial charge in [0.05, 0.1) is 24.8 Å². The fourth-order valence-electron chi connectivity index (χ4n) is 4.91. The predicted molar refractivity (Wildman–Crippen MR) is 153 cm³/mol. The average molecular weight is 564 g/mol. The second-order valence-electron chi connectivity index (χ2n) is 11.3. The van der Waals surface area contributed by atoms with E-state index in [1.165, 1.54) is 0 Å². The highest BCUT2D eigenvalue weighted by atomic mass is 16.6. The molecule has 41 heavy (non-hydrogen) atoms. The Hall–Kier alpha value is -3.96. The highest BCUT2D eigenvalue weighted by molar-refractivity contribution is 5.93. The first-order valence-corrected chi connectivity index (χ1v) is 14.0. The summed E-state index contributed by atoms with van der Waals surface area (Å²) in [6.07, 6.45) is 1.04. The summed E-state index contributed by atoms with van der Waals surface area (Å²) in [6.45, 7) is 8.79. The molecule has 11 nitrogen and oxygen atoms in total. The van der Waals surface area contributed by atoms with Gasteiger partial charge in [0, 0.05) is 43.5 Å². The average Bonchev–Trinajstić information content (AvgIpc) is 3.46. The number of ether oxygens (including phenoxy) is 2. The van der Waals surface area contributed by atoms with Crippen molar-refractivity contribution in [1.82, 2.24) is 14.9 Å². The molecule has 0 radical (unpaired) electrons. The lowest BCUT2D eigenvalue weighted by atomic mass is 9.97. The lowest BCUT2D eigenvalue weighted by Crippen LogP contribution is -2.45. The van der Waals surface area contributed by atoms with E-state index in [2.05, 4.69) is 10.2 Å². The summed E-state index contributed by atoms with van der Waals surface area (Å²) in [5.41, 5.74) is 1.51. The monoisotopic (exact) mass is 563 g/mol. The molecule has 1 unspecified atom stereocenters. The molecule has 0 aliphatic carbocycles. The zero-order valence-corrected chi connectivity index (χ0v) is 23.8. The number of benzene rings is 1. The Morgan fingerprint density at radius 3 is 2.63 bits per heavy atom. The molecule has 2 fully saturated rings. The van der Waals surface area contributed by atoms with Crippen LogP contribution in [0.15, 0.2) is 46.9 Å². The van der Waals surface area contributed by atoms with Gasteiger partial charge < -0.3 is 34.1 Å². The largest absolute Gasteiger partial charge is 0.455 e. The number of anilines is 2. The Kier molecular flexibility index (Phi) is 8.55. The van der Waals surface area contributed by atoms with Crippen molar-refractivity contribution in [3.63, 3.8) is 0 Å². The zero-order chi connectivity index (χ0) is 29.0. The number of furan rings is 1. The van der Waals surface area contributed by atoms with Crippen LogP contribution in [0.2, 0.25) is 0 Å². The molecule has 2 aromatic heterocycles. The first-order valence-electron chi connectivity index (χ1n) is 14.0. The molecule has 2 aliphatic rings. The maximum Gasteiger partial charge on any atom is 0.410 e. The van der Waals surface area contributed by atoms with Gasteiger partial charge in [-0.05, 0) is 57.9 Å². The van der Waals surface area contributed by atoms with E-state index in [1.54, 1.807) is 17.0 Å². The van der Waals surface area contributed by atoms with E-state index < -0.39 is 11.7 Å². The van der Waals surface area contributed by atoms with Crippen LogP contribution in [0, 0.1) is 5.92 Å². The number of morpholine rings is 1. The second kappa shape index (κ2) is 12.3. The van der Waals surface area contributed by atoms with E-state index in [0.29, 0.717) is 74.5 Å². The summed E-state index contributed by atoms with van der Waals surface area (Å²) in [5, 5.41) is 12.5. The van der Waals surface area contributed by atoms with E-state index in [1.807, 2.05) is 51.1 Å². The summed E-state index contributed by atoms with van der Waals surface area (Å²) < 4.78 is 16.8. The normalized spacial score (nSPS) is 17.8. The molecule has 3 aromatic rings. The summed E-state index contributed by atoms with van der Waals surface area (Å²) in [5.74, 6) is 1.57. The molecular formula is C30H37N5O6. The highest BCUT2D eigenvalue weighted by Gasteiger charge is 2.31. The molecule has 2 saturated heterocycles. The first kappa shape index (κ1) is 28.6. The lowest BCUT2D eigenvalue weighted by Gasteiger charge is -2.33. The number of amides is 2. The number of aliphatic hydroxyl groups excluding tert-OH is 1. The van der Waals surface area contributed by atoms with Gasteiger partial charge in [-0.2, -0.15) is 0 Å². The van der Waals surface area contributed by atoms with Gasteiger partial charge in [0.25, 0.3) is 0 Å². The van der Waals surface area contributed by atoms with Crippen molar-refractivity contribution >= 4 is 23.5 Å². The molecule has 2 aliphatic heterocycles. The molecule has 218 valence electrons. The van der Waals surface area contributed by atoms with Crippen LogP contribution in [0.1, 0.15) is 39.4 Å². The maximum absolute atomic E-state index is 13.2. The van der Waals surface area contributed by atoms with Gasteiger partial charge in [-0.3, -0.25) is 4.79 Å². The summed E-state index contributed by atoms with van der Waals surface area (Å²) in [7, 11) is 0. The number of piperidine rings is 1. The van der Waals surface area contributed by atoms with Crippen molar-refractivity contribution in [3.05, 3.63) is 48.2 Å². The van der Waals surface area contributed by atoms with Crippen molar-refractivity contribution in [1.29, 1.82) is 0 Å².